The number of amides is 1. The summed E-state index contributed by atoms with van der Waals surface area (Å²) in [5.41, 5.74) is 1.67. The van der Waals surface area contributed by atoms with Gasteiger partial charge in [0.25, 0.3) is 0 Å². The van der Waals surface area contributed by atoms with Crippen LogP contribution in [0.3, 0.4) is 0 Å². The van der Waals surface area contributed by atoms with Gasteiger partial charge in [-0.1, -0.05) is 0 Å². The Morgan fingerprint density at radius 2 is 2.25 bits per heavy atom. The summed E-state index contributed by atoms with van der Waals surface area (Å²) in [6.45, 7) is 3.81. The molecule has 0 saturated heterocycles. The maximum absolute atomic E-state index is 12.8. The van der Waals surface area contributed by atoms with Crippen molar-refractivity contribution in [3.8, 4) is 11.5 Å². The molecular weight excluding hydrogens is 312 g/mol. The van der Waals surface area contributed by atoms with Gasteiger partial charge < -0.3 is 29.0 Å². The van der Waals surface area contributed by atoms with Gasteiger partial charge in [0.2, 0.25) is 12.7 Å². The number of hydrogen-bond donors (Lipinski definition) is 1. The van der Waals surface area contributed by atoms with Crippen molar-refractivity contribution in [1.82, 2.24) is 9.55 Å². The smallest absolute Gasteiger partial charge is 0.246 e. The highest BCUT2D eigenvalue weighted by atomic mass is 16.7. The molecule has 0 unspecified atom stereocenters. The molecule has 2 aliphatic heterocycles. The highest BCUT2D eigenvalue weighted by molar-refractivity contribution is 5.93. The number of nitrogens with one attached hydrogen (secondary N) is 1. The quantitative estimate of drug-likeness (QED) is 0.917. The third-order valence-electron chi connectivity index (χ3n) is 4.12. The Kier molecular flexibility index (Phi) is 3.73. The molecule has 8 heteroatoms. The van der Waals surface area contributed by atoms with Crippen molar-refractivity contribution >= 4 is 17.4 Å². The van der Waals surface area contributed by atoms with Crippen LogP contribution in [0.25, 0.3) is 0 Å². The fourth-order valence-electron chi connectivity index (χ4n) is 2.90. The zero-order valence-corrected chi connectivity index (χ0v) is 13.3. The number of aromatic nitrogens is 2. The molecule has 8 nitrogen and oxygen atoms in total. The molecule has 0 bridgehead atoms. The first-order chi connectivity index (χ1) is 11.8. The molecule has 126 valence electrons. The summed E-state index contributed by atoms with van der Waals surface area (Å²) in [4.78, 5) is 18.8. The number of likely N-dealkylation sites (N-methyl/N-ethyl adjacent to an activating group) is 1. The molecule has 1 aromatic heterocycles. The van der Waals surface area contributed by atoms with Crippen molar-refractivity contribution in [3.63, 3.8) is 0 Å². The van der Waals surface area contributed by atoms with Crippen LogP contribution in [-0.4, -0.2) is 35.5 Å². The lowest BCUT2D eigenvalue weighted by Crippen LogP contribution is -2.34. The van der Waals surface area contributed by atoms with E-state index in [9.17, 15) is 4.79 Å². The fourth-order valence-corrected chi connectivity index (χ4v) is 2.90. The van der Waals surface area contributed by atoms with Crippen LogP contribution >= 0.6 is 0 Å². The number of anilines is 2. The first-order valence-corrected chi connectivity index (χ1v) is 7.82. The molecule has 2 aromatic rings. The topological polar surface area (TPSA) is 77.9 Å². The fraction of sp³-hybridized carbons (Fsp3) is 0.375. The van der Waals surface area contributed by atoms with E-state index in [4.69, 9.17) is 14.2 Å². The average molecular weight is 330 g/mol. The first-order valence-electron chi connectivity index (χ1n) is 7.82. The first kappa shape index (κ1) is 14.8. The second-order valence-electron chi connectivity index (χ2n) is 5.51. The van der Waals surface area contributed by atoms with Gasteiger partial charge in [-0.25, -0.2) is 4.98 Å². The second kappa shape index (κ2) is 6.04. The number of ether oxygens (including phenoxy) is 3. The van der Waals surface area contributed by atoms with Gasteiger partial charge in [-0.3, -0.25) is 4.79 Å². The Labute approximate surface area is 138 Å². The molecule has 0 saturated carbocycles. The molecule has 0 atom stereocenters. The number of rotatable bonds is 4. The zero-order valence-electron chi connectivity index (χ0n) is 13.3. The largest absolute Gasteiger partial charge is 0.454 e. The van der Waals surface area contributed by atoms with Crippen molar-refractivity contribution in [2.45, 2.75) is 20.1 Å². The van der Waals surface area contributed by atoms with E-state index in [2.05, 4.69) is 10.3 Å². The van der Waals surface area contributed by atoms with Gasteiger partial charge in [-0.2, -0.15) is 0 Å². The number of imidazole rings is 1. The van der Waals surface area contributed by atoms with Crippen LogP contribution in [0, 0.1) is 0 Å². The molecule has 24 heavy (non-hydrogen) atoms. The minimum atomic E-state index is -0.0258. The Hall–Kier alpha value is -2.74. The van der Waals surface area contributed by atoms with E-state index in [0.717, 1.165) is 17.2 Å². The Morgan fingerprint density at radius 1 is 1.38 bits per heavy atom. The summed E-state index contributed by atoms with van der Waals surface area (Å²) >= 11 is 0. The van der Waals surface area contributed by atoms with Gasteiger partial charge >= 0.3 is 0 Å². The average Bonchev–Trinajstić information content (AvgIpc) is 3.22. The molecule has 0 radical (unpaired) electrons. The van der Waals surface area contributed by atoms with E-state index in [1.54, 1.807) is 11.2 Å². The number of hydrogen-bond acceptors (Lipinski definition) is 6. The minimum absolute atomic E-state index is 0.0258. The summed E-state index contributed by atoms with van der Waals surface area (Å²) in [6, 6.07) is 5.52. The SMILES string of the molecule is CCN(C(=O)Cn1cnc2c1COCN2)c1ccc2c(c1)OCO2. The van der Waals surface area contributed by atoms with Gasteiger partial charge in [0.15, 0.2) is 17.3 Å². The van der Waals surface area contributed by atoms with Crippen molar-refractivity contribution in [2.24, 2.45) is 0 Å². The standard InChI is InChI=1S/C16H18N4O4/c1-2-20(11-3-4-13-14(5-11)24-10-23-13)15(21)6-19-8-17-16-12(19)7-22-9-18-16/h3-5,8,18H,2,6-7,9-10H2,1H3. The molecule has 2 aliphatic rings. The van der Waals surface area contributed by atoms with E-state index in [1.165, 1.54) is 0 Å². The lowest BCUT2D eigenvalue weighted by atomic mass is 10.2. The van der Waals surface area contributed by atoms with Crippen molar-refractivity contribution in [3.05, 3.63) is 30.2 Å². The van der Waals surface area contributed by atoms with Gasteiger partial charge in [-0.15, -0.1) is 0 Å². The van der Waals surface area contributed by atoms with Crippen LogP contribution in [-0.2, 0) is 22.7 Å². The van der Waals surface area contributed by atoms with E-state index in [0.29, 0.717) is 31.4 Å². The lowest BCUT2D eigenvalue weighted by molar-refractivity contribution is -0.119. The number of benzene rings is 1. The predicted octanol–water partition coefficient (Wildman–Crippen LogP) is 1.56. The summed E-state index contributed by atoms with van der Waals surface area (Å²) in [5.74, 6) is 2.12. The Balaban J connectivity index is 1.55. The molecule has 1 amide bonds. The molecule has 0 aliphatic carbocycles. The normalized spacial score (nSPS) is 14.9. The van der Waals surface area contributed by atoms with Gasteiger partial charge in [0.05, 0.1) is 18.6 Å². The predicted molar refractivity (Wildman–Crippen MR) is 86.1 cm³/mol. The maximum atomic E-state index is 12.8. The lowest BCUT2D eigenvalue weighted by Gasteiger charge is -2.22. The number of nitrogens with zero attached hydrogens (tertiary/aromatic N) is 3. The maximum Gasteiger partial charge on any atom is 0.246 e. The van der Waals surface area contributed by atoms with E-state index >= 15 is 0 Å². The highest BCUT2D eigenvalue weighted by Crippen LogP contribution is 2.35. The Morgan fingerprint density at radius 3 is 3.12 bits per heavy atom. The zero-order chi connectivity index (χ0) is 16.5. The van der Waals surface area contributed by atoms with Gasteiger partial charge in [0.1, 0.15) is 13.3 Å². The molecule has 3 heterocycles. The summed E-state index contributed by atoms with van der Waals surface area (Å²) in [7, 11) is 0. The molecule has 1 N–H and O–H groups in total. The van der Waals surface area contributed by atoms with Crippen LogP contribution < -0.4 is 19.7 Å². The van der Waals surface area contributed by atoms with E-state index in [-0.39, 0.29) is 19.2 Å². The van der Waals surface area contributed by atoms with Gasteiger partial charge in [-0.05, 0) is 19.1 Å². The summed E-state index contributed by atoms with van der Waals surface area (Å²) in [5, 5.41) is 3.05. The second-order valence-corrected chi connectivity index (χ2v) is 5.51. The minimum Gasteiger partial charge on any atom is -0.454 e. The molecule has 1 aromatic carbocycles. The third-order valence-corrected chi connectivity index (χ3v) is 4.12. The van der Waals surface area contributed by atoms with Crippen LogP contribution in [0.2, 0.25) is 0 Å². The monoisotopic (exact) mass is 330 g/mol. The molecule has 0 spiro atoms. The van der Waals surface area contributed by atoms with Crippen LogP contribution in [0.4, 0.5) is 11.5 Å². The van der Waals surface area contributed by atoms with Crippen molar-refractivity contribution in [2.75, 3.05) is 30.3 Å². The highest BCUT2D eigenvalue weighted by Gasteiger charge is 2.22. The third kappa shape index (κ3) is 2.54. The molecular formula is C16H18N4O4. The molecule has 0 fully saturated rings. The van der Waals surface area contributed by atoms with Crippen LogP contribution in [0.5, 0.6) is 11.5 Å². The number of carbonyl (C=O) groups is 1. The van der Waals surface area contributed by atoms with Crippen LogP contribution in [0.15, 0.2) is 24.5 Å². The summed E-state index contributed by atoms with van der Waals surface area (Å²) in [6.07, 6.45) is 1.66. The van der Waals surface area contributed by atoms with Crippen molar-refractivity contribution < 1.29 is 19.0 Å². The van der Waals surface area contributed by atoms with Crippen LogP contribution in [0.1, 0.15) is 12.6 Å². The van der Waals surface area contributed by atoms with E-state index in [1.807, 2.05) is 29.7 Å². The van der Waals surface area contributed by atoms with Crippen molar-refractivity contribution in [1.29, 1.82) is 0 Å². The number of carbonyl (C=O) groups excluding carboxylic acids is 1. The van der Waals surface area contributed by atoms with E-state index < -0.39 is 0 Å². The summed E-state index contributed by atoms with van der Waals surface area (Å²) < 4.78 is 17.9. The Bertz CT molecular complexity index is 773. The molecule has 4 rings (SSSR count). The number of fused-ring (bicyclic) bond motifs is 2. The van der Waals surface area contributed by atoms with Gasteiger partial charge in [0, 0.05) is 18.3 Å².